The van der Waals surface area contributed by atoms with Gasteiger partial charge in [0.2, 0.25) is 0 Å². The Hall–Kier alpha value is -10.1. The molecule has 10 aromatic carbocycles. The molecule has 0 radical (unpaired) electrons. The van der Waals surface area contributed by atoms with Crippen molar-refractivity contribution < 1.29 is 0 Å². The molecule has 7 heteroatoms. The lowest BCUT2D eigenvalue weighted by molar-refractivity contribution is 1.08. The van der Waals surface area contributed by atoms with Crippen LogP contribution < -0.4 is 0 Å². The van der Waals surface area contributed by atoms with Gasteiger partial charge >= 0.3 is 0 Å². The van der Waals surface area contributed by atoms with E-state index in [0.29, 0.717) is 39.3 Å². The molecule has 0 amide bonds. The molecule has 0 aliphatic heterocycles. The number of hydrogen-bond acceptors (Lipinski definition) is 3. The van der Waals surface area contributed by atoms with Crippen LogP contribution in [0, 0.1) is 34.0 Å². The van der Waals surface area contributed by atoms with Gasteiger partial charge < -0.3 is 18.3 Å². The minimum atomic E-state index is 0.334. The second-order valence-corrected chi connectivity index (χ2v) is 17.7. The molecule has 14 aromatic rings. The summed E-state index contributed by atoms with van der Waals surface area (Å²) >= 11 is 0. The molecule has 0 aliphatic carbocycles. The number of rotatable bonds is 5. The molecule has 0 spiro atoms. The molecule has 7 nitrogen and oxygen atoms in total. The van der Waals surface area contributed by atoms with Gasteiger partial charge in [-0.25, -0.2) is 0 Å². The number of fused-ring (bicyclic) bond motifs is 12. The molecule has 0 saturated heterocycles. The summed E-state index contributed by atoms with van der Waals surface area (Å²) in [6.45, 7) is 0. The van der Waals surface area contributed by atoms with Gasteiger partial charge in [0.05, 0.1) is 72.8 Å². The maximum Gasteiger partial charge on any atom is 0.104 e. The molecule has 322 valence electrons. The van der Waals surface area contributed by atoms with Gasteiger partial charge in [0.15, 0.2) is 0 Å². The summed E-state index contributed by atoms with van der Waals surface area (Å²) in [5, 5.41) is 42.8. The van der Waals surface area contributed by atoms with E-state index < -0.39 is 0 Å². The van der Waals surface area contributed by atoms with Gasteiger partial charge in [-0.2, -0.15) is 15.8 Å². The molecular formula is C63H35N7. The highest BCUT2D eigenvalue weighted by Crippen LogP contribution is 2.49. The first-order valence-electron chi connectivity index (χ1n) is 23.2. The maximum absolute atomic E-state index is 12.2. The van der Waals surface area contributed by atoms with Crippen LogP contribution in [0.3, 0.4) is 0 Å². The molecular weight excluding hydrogens is 855 g/mol. The predicted molar refractivity (Wildman–Crippen MR) is 283 cm³/mol. The molecule has 0 atom stereocenters. The lowest BCUT2D eigenvalue weighted by atomic mass is 9.91. The third-order valence-corrected chi connectivity index (χ3v) is 14.3. The zero-order valence-electron chi connectivity index (χ0n) is 37.3. The van der Waals surface area contributed by atoms with Crippen LogP contribution in [0.1, 0.15) is 16.7 Å². The van der Waals surface area contributed by atoms with Crippen molar-refractivity contribution in [3.05, 3.63) is 229 Å². The largest absolute Gasteiger partial charge is 0.309 e. The second-order valence-electron chi connectivity index (χ2n) is 17.7. The third-order valence-electron chi connectivity index (χ3n) is 14.3. The zero-order valence-corrected chi connectivity index (χ0v) is 37.3. The lowest BCUT2D eigenvalue weighted by Crippen LogP contribution is -2.14. The number of aromatic nitrogens is 4. The summed E-state index contributed by atoms with van der Waals surface area (Å²) in [5.74, 6) is 0. The Morgan fingerprint density at radius 1 is 0.271 bits per heavy atom. The van der Waals surface area contributed by atoms with Crippen LogP contribution in [0.25, 0.3) is 121 Å². The monoisotopic (exact) mass is 889 g/mol. The average molecular weight is 890 g/mol. The fraction of sp³-hybridized carbons (Fsp3) is 0. The smallest absolute Gasteiger partial charge is 0.104 e. The van der Waals surface area contributed by atoms with Gasteiger partial charge in [-0.15, -0.1) is 0 Å². The van der Waals surface area contributed by atoms with Crippen LogP contribution >= 0.6 is 0 Å². The van der Waals surface area contributed by atoms with E-state index in [0.717, 1.165) is 87.7 Å². The van der Waals surface area contributed by atoms with Gasteiger partial charge in [0.25, 0.3) is 0 Å². The summed E-state index contributed by atoms with van der Waals surface area (Å²) in [5.41, 5.74) is 12.9. The predicted octanol–water partition coefficient (Wildman–Crippen LogP) is 15.4. The normalized spacial score (nSPS) is 11.7. The van der Waals surface area contributed by atoms with Crippen LogP contribution in [0.4, 0.5) is 0 Å². The van der Waals surface area contributed by atoms with E-state index in [1.165, 1.54) is 10.8 Å². The Morgan fingerprint density at radius 3 is 0.943 bits per heavy atom. The fourth-order valence-corrected chi connectivity index (χ4v) is 11.4. The van der Waals surface area contributed by atoms with Crippen LogP contribution in [0.15, 0.2) is 212 Å². The van der Waals surface area contributed by atoms with Crippen molar-refractivity contribution in [3.8, 4) is 52.1 Å². The fourth-order valence-electron chi connectivity index (χ4n) is 11.4. The van der Waals surface area contributed by atoms with Crippen LogP contribution in [-0.4, -0.2) is 18.3 Å². The number of benzene rings is 10. The van der Waals surface area contributed by atoms with Crippen LogP contribution in [-0.2, 0) is 0 Å². The first-order valence-corrected chi connectivity index (χ1v) is 23.2. The third kappa shape index (κ3) is 5.30. The summed E-state index contributed by atoms with van der Waals surface area (Å²) < 4.78 is 8.90. The molecule has 70 heavy (non-hydrogen) atoms. The molecule has 0 saturated carbocycles. The first-order chi connectivity index (χ1) is 34.7. The SMILES string of the molecule is N#Cc1ccc(-c2c(-n3c4ccccc4c4ccccc43)c(C#N)c(-n3c4ccccc4c4cc(-n5c6ccccc6c6ccccc65)ccc43)c(C#N)c2-n2c3ccccc3c3ccccc32)cc1. The van der Waals surface area contributed by atoms with E-state index in [9.17, 15) is 15.8 Å². The summed E-state index contributed by atoms with van der Waals surface area (Å²) in [4.78, 5) is 0. The zero-order chi connectivity index (χ0) is 46.6. The van der Waals surface area contributed by atoms with Crippen molar-refractivity contribution in [1.29, 1.82) is 15.8 Å². The molecule has 0 unspecified atom stereocenters. The van der Waals surface area contributed by atoms with E-state index in [1.807, 2.05) is 78.9 Å². The summed E-state index contributed by atoms with van der Waals surface area (Å²) in [6, 6.07) is 80.5. The second kappa shape index (κ2) is 14.9. The topological polar surface area (TPSA) is 91.1 Å². The summed E-state index contributed by atoms with van der Waals surface area (Å²) in [6.07, 6.45) is 0. The Kier molecular flexibility index (Phi) is 8.34. The Labute approximate surface area is 400 Å². The summed E-state index contributed by atoms with van der Waals surface area (Å²) in [7, 11) is 0. The van der Waals surface area contributed by atoms with Crippen molar-refractivity contribution >= 4 is 87.2 Å². The maximum atomic E-state index is 12.2. The van der Waals surface area contributed by atoms with Gasteiger partial charge in [-0.1, -0.05) is 140 Å². The number of para-hydroxylation sites is 7. The molecule has 0 fully saturated rings. The van der Waals surface area contributed by atoms with Crippen molar-refractivity contribution in [3.63, 3.8) is 0 Å². The molecule has 14 rings (SSSR count). The molecule has 0 bridgehead atoms. The van der Waals surface area contributed by atoms with Crippen molar-refractivity contribution in [1.82, 2.24) is 18.3 Å². The molecule has 0 N–H and O–H groups in total. The van der Waals surface area contributed by atoms with Gasteiger partial charge in [-0.05, 0) is 78.4 Å². The van der Waals surface area contributed by atoms with Crippen molar-refractivity contribution in [2.45, 2.75) is 0 Å². The van der Waals surface area contributed by atoms with E-state index in [4.69, 9.17) is 0 Å². The quantitative estimate of drug-likeness (QED) is 0.172. The highest BCUT2D eigenvalue weighted by atomic mass is 15.1. The molecule has 4 heterocycles. The minimum absolute atomic E-state index is 0.334. The van der Waals surface area contributed by atoms with Gasteiger partial charge in [0, 0.05) is 54.3 Å². The van der Waals surface area contributed by atoms with E-state index in [1.54, 1.807) is 0 Å². The highest BCUT2D eigenvalue weighted by Gasteiger charge is 2.33. The van der Waals surface area contributed by atoms with Crippen molar-refractivity contribution in [2.24, 2.45) is 0 Å². The number of nitrogens with zero attached hydrogens (tertiary/aromatic N) is 7. The highest BCUT2D eigenvalue weighted by molar-refractivity contribution is 6.16. The number of hydrogen-bond donors (Lipinski definition) is 0. The van der Waals surface area contributed by atoms with E-state index in [-0.39, 0.29) is 0 Å². The van der Waals surface area contributed by atoms with Crippen LogP contribution in [0.5, 0.6) is 0 Å². The van der Waals surface area contributed by atoms with Crippen LogP contribution in [0.2, 0.25) is 0 Å². The standard InChI is InChI=1S/C63H35N7/c64-36-39-29-31-40(32-30-39)60-62(69-54-24-10-3-17-44(54)45-18-4-11-25-55(45)69)50(37-65)61(51(38-66)63(60)70-56-26-12-5-19-46(56)47-20-6-13-27-57(47)70)68-58-28-14-7-21-48(58)49-35-41(33-34-59(49)68)67-52-22-8-1-15-42(52)43-16-2-9-23-53(43)67/h1-35H. The lowest BCUT2D eigenvalue weighted by Gasteiger charge is -2.26. The Balaban J connectivity index is 1.21. The van der Waals surface area contributed by atoms with E-state index in [2.05, 4.69) is 170 Å². The Bertz CT molecular complexity index is 4370. The molecule has 4 aromatic heterocycles. The average Bonchev–Trinajstić information content (AvgIpc) is 4.15. The van der Waals surface area contributed by atoms with Gasteiger partial charge in [0.1, 0.15) is 23.3 Å². The van der Waals surface area contributed by atoms with E-state index >= 15 is 0 Å². The van der Waals surface area contributed by atoms with Crippen molar-refractivity contribution in [2.75, 3.05) is 0 Å². The van der Waals surface area contributed by atoms with Gasteiger partial charge in [-0.3, -0.25) is 0 Å². The first kappa shape index (κ1) is 39.1. The minimum Gasteiger partial charge on any atom is -0.309 e. The molecule has 0 aliphatic rings. The Morgan fingerprint density at radius 2 is 0.586 bits per heavy atom. The number of nitriles is 3.